The fourth-order valence-electron chi connectivity index (χ4n) is 0.558. The Morgan fingerprint density at radius 1 is 1.17 bits per heavy atom. The van der Waals surface area contributed by atoms with Crippen LogP contribution in [0.1, 0.15) is 39.5 Å². The second-order valence-corrected chi connectivity index (χ2v) is 2.81. The van der Waals surface area contributed by atoms with E-state index in [1.165, 1.54) is 0 Å². The topological polar surface area (TPSA) is 66.5 Å². The lowest BCUT2D eigenvalue weighted by Crippen LogP contribution is -2.23. The van der Waals surface area contributed by atoms with Gasteiger partial charge in [0.15, 0.2) is 0 Å². The van der Waals surface area contributed by atoms with E-state index in [0.717, 1.165) is 25.7 Å². The highest BCUT2D eigenvalue weighted by atomic mass is 16.3. The number of nitrogens with two attached hydrogens (primary N) is 1. The molecule has 3 heteroatoms. The monoisotopic (exact) mass is 177 g/mol. The lowest BCUT2D eigenvalue weighted by molar-refractivity contribution is 0.258. The maximum atomic E-state index is 8.44. The summed E-state index contributed by atoms with van der Waals surface area (Å²) in [5.74, 6) is 0. The molecule has 0 aromatic heterocycles. The highest BCUT2D eigenvalue weighted by Gasteiger charge is 1.96. The molecule has 0 aromatic rings. The maximum absolute atomic E-state index is 8.44. The van der Waals surface area contributed by atoms with Gasteiger partial charge in [-0.2, -0.15) is 0 Å². The molecule has 1 atom stereocenters. The molecular formula is C9H23NO2. The van der Waals surface area contributed by atoms with Gasteiger partial charge in [-0.15, -0.1) is 0 Å². The smallest absolute Gasteiger partial charge is 0.0582 e. The Hall–Kier alpha value is -0.120. The molecule has 76 valence electrons. The highest BCUT2D eigenvalue weighted by Crippen LogP contribution is 1.95. The summed E-state index contributed by atoms with van der Waals surface area (Å²) in [6.45, 7) is 4.49. The van der Waals surface area contributed by atoms with Crippen molar-refractivity contribution in [3.05, 3.63) is 0 Å². The lowest BCUT2D eigenvalue weighted by atomic mass is 10.1. The Morgan fingerprint density at radius 2 is 1.67 bits per heavy atom. The zero-order valence-corrected chi connectivity index (χ0v) is 8.29. The molecule has 3 nitrogen and oxygen atoms in total. The number of aliphatic hydroxyl groups is 2. The van der Waals surface area contributed by atoms with Gasteiger partial charge in [0.1, 0.15) is 0 Å². The molecule has 0 aliphatic heterocycles. The van der Waals surface area contributed by atoms with Gasteiger partial charge < -0.3 is 15.9 Å². The van der Waals surface area contributed by atoms with Crippen molar-refractivity contribution in [3.63, 3.8) is 0 Å². The van der Waals surface area contributed by atoms with Crippen molar-refractivity contribution in [3.8, 4) is 0 Å². The van der Waals surface area contributed by atoms with E-state index in [4.69, 9.17) is 15.9 Å². The molecule has 0 heterocycles. The molecule has 12 heavy (non-hydrogen) atoms. The number of unbranched alkanes of at least 4 members (excludes halogenated alkanes) is 1. The van der Waals surface area contributed by atoms with Crippen molar-refractivity contribution in [1.29, 1.82) is 0 Å². The molecule has 0 fully saturated rings. The summed E-state index contributed by atoms with van der Waals surface area (Å²) in [6.07, 6.45) is 4.11. The summed E-state index contributed by atoms with van der Waals surface area (Å²) in [4.78, 5) is 0. The summed E-state index contributed by atoms with van der Waals surface area (Å²) in [7, 11) is 0. The number of hydrogen-bond acceptors (Lipinski definition) is 3. The zero-order valence-electron chi connectivity index (χ0n) is 8.29. The molecule has 0 aliphatic rings. The summed E-state index contributed by atoms with van der Waals surface area (Å²) in [5.41, 5.74) is 5.41. The zero-order chi connectivity index (χ0) is 9.82. The molecule has 4 N–H and O–H groups in total. The van der Waals surface area contributed by atoms with Crippen LogP contribution in [0.4, 0.5) is 0 Å². The van der Waals surface area contributed by atoms with Gasteiger partial charge in [-0.1, -0.05) is 26.7 Å². The van der Waals surface area contributed by atoms with E-state index >= 15 is 0 Å². The quantitative estimate of drug-likeness (QED) is 0.584. The maximum Gasteiger partial charge on any atom is 0.0582 e. The third-order valence-corrected chi connectivity index (χ3v) is 1.39. The molecule has 1 unspecified atom stereocenters. The van der Waals surface area contributed by atoms with Crippen LogP contribution in [0.5, 0.6) is 0 Å². The van der Waals surface area contributed by atoms with Crippen molar-refractivity contribution >= 4 is 0 Å². The van der Waals surface area contributed by atoms with Gasteiger partial charge in [-0.05, 0) is 12.8 Å². The van der Waals surface area contributed by atoms with Crippen molar-refractivity contribution < 1.29 is 10.2 Å². The predicted molar refractivity (Wildman–Crippen MR) is 52.0 cm³/mol. The minimum atomic E-state index is 0.00921. The normalized spacial score (nSPS) is 11.8. The third kappa shape index (κ3) is 16.5. The average Bonchev–Trinajstić information content (AvgIpc) is 2.14. The molecule has 0 aliphatic carbocycles. The van der Waals surface area contributed by atoms with E-state index in [0.29, 0.717) is 6.61 Å². The van der Waals surface area contributed by atoms with Gasteiger partial charge in [0, 0.05) is 12.6 Å². The summed E-state index contributed by atoms with van der Waals surface area (Å²) in [6, 6.07) is 0.00921. The van der Waals surface area contributed by atoms with Crippen LogP contribution in [0.2, 0.25) is 0 Å². The number of aliphatic hydroxyl groups excluding tert-OH is 2. The number of hydrogen-bond donors (Lipinski definition) is 3. The van der Waals surface area contributed by atoms with E-state index in [9.17, 15) is 0 Å². The summed E-state index contributed by atoms with van der Waals surface area (Å²) < 4.78 is 0. The first-order valence-electron chi connectivity index (χ1n) is 4.70. The highest BCUT2D eigenvalue weighted by molar-refractivity contribution is 4.56. The first-order chi connectivity index (χ1) is 5.72. The molecule has 0 saturated carbocycles. The van der Waals surface area contributed by atoms with E-state index in [2.05, 4.69) is 6.92 Å². The van der Waals surface area contributed by atoms with Crippen molar-refractivity contribution in [1.82, 2.24) is 0 Å². The van der Waals surface area contributed by atoms with Gasteiger partial charge in [-0.3, -0.25) is 0 Å². The van der Waals surface area contributed by atoms with E-state index < -0.39 is 0 Å². The second-order valence-electron chi connectivity index (χ2n) is 2.81. The van der Waals surface area contributed by atoms with Crippen LogP contribution < -0.4 is 5.73 Å². The number of rotatable bonds is 5. The molecule has 0 spiro atoms. The second kappa shape index (κ2) is 13.5. The van der Waals surface area contributed by atoms with Crippen LogP contribution >= 0.6 is 0 Å². The molecular weight excluding hydrogens is 154 g/mol. The van der Waals surface area contributed by atoms with Crippen molar-refractivity contribution in [2.75, 3.05) is 13.2 Å². The van der Waals surface area contributed by atoms with Gasteiger partial charge >= 0.3 is 0 Å². The van der Waals surface area contributed by atoms with E-state index in [1.54, 1.807) is 0 Å². The third-order valence-electron chi connectivity index (χ3n) is 1.39. The Morgan fingerprint density at radius 3 is 1.92 bits per heavy atom. The minimum absolute atomic E-state index is 0.00921. The first-order valence-corrected chi connectivity index (χ1v) is 4.70. The molecule has 0 saturated heterocycles. The Labute approximate surface area is 75.6 Å². The first kappa shape index (κ1) is 14.4. The summed E-state index contributed by atoms with van der Waals surface area (Å²) in [5, 5.41) is 16.3. The van der Waals surface area contributed by atoms with Gasteiger partial charge in [0.25, 0.3) is 0 Å². The lowest BCUT2D eigenvalue weighted by Gasteiger charge is -2.04. The molecule has 0 rings (SSSR count). The van der Waals surface area contributed by atoms with Crippen LogP contribution in [0.3, 0.4) is 0 Å². The minimum Gasteiger partial charge on any atom is -0.396 e. The van der Waals surface area contributed by atoms with Gasteiger partial charge in [0.05, 0.1) is 6.61 Å². The van der Waals surface area contributed by atoms with Gasteiger partial charge in [0.2, 0.25) is 0 Å². The standard InChI is InChI=1S/C6H15NO.C3H8O/c1-2-3-4-6(7)5-8;1-2-3-4/h6,8H,2-5,7H2,1H3;4H,2-3H2,1H3. The fourth-order valence-corrected chi connectivity index (χ4v) is 0.558. The fraction of sp³-hybridized carbons (Fsp3) is 1.00. The molecule has 0 radical (unpaired) electrons. The molecule has 0 bridgehead atoms. The Kier molecular flexibility index (Phi) is 16.2. The van der Waals surface area contributed by atoms with Crippen LogP contribution in [-0.2, 0) is 0 Å². The Balaban J connectivity index is 0. The SMILES string of the molecule is CCCCC(N)CO.CCCO. The molecule has 0 aromatic carbocycles. The van der Waals surface area contributed by atoms with Gasteiger partial charge in [-0.25, -0.2) is 0 Å². The van der Waals surface area contributed by atoms with Crippen LogP contribution in [0.25, 0.3) is 0 Å². The summed E-state index contributed by atoms with van der Waals surface area (Å²) >= 11 is 0. The molecule has 0 amide bonds. The van der Waals surface area contributed by atoms with Crippen LogP contribution in [0.15, 0.2) is 0 Å². The average molecular weight is 177 g/mol. The van der Waals surface area contributed by atoms with Crippen LogP contribution in [0, 0.1) is 0 Å². The van der Waals surface area contributed by atoms with E-state index in [1.807, 2.05) is 6.92 Å². The Bertz CT molecular complexity index is 67.5. The predicted octanol–water partition coefficient (Wildman–Crippen LogP) is 0.885. The van der Waals surface area contributed by atoms with Crippen molar-refractivity contribution in [2.24, 2.45) is 5.73 Å². The van der Waals surface area contributed by atoms with Crippen LogP contribution in [-0.4, -0.2) is 29.5 Å². The van der Waals surface area contributed by atoms with E-state index in [-0.39, 0.29) is 12.6 Å². The largest absolute Gasteiger partial charge is 0.396 e. The van der Waals surface area contributed by atoms with Crippen molar-refractivity contribution in [2.45, 2.75) is 45.6 Å².